The van der Waals surface area contributed by atoms with Crippen LogP contribution in [0, 0.1) is 12.7 Å². The minimum Gasteiger partial charge on any atom is -0.493 e. The lowest BCUT2D eigenvalue weighted by molar-refractivity contribution is 0.0172. The highest BCUT2D eigenvalue weighted by Crippen LogP contribution is 2.32. The van der Waals surface area contributed by atoms with E-state index in [1.54, 1.807) is 25.1 Å². The number of aryl methyl sites for hydroxylation is 1. The number of hydrogen-bond donors (Lipinski definition) is 1. The molecular weight excluding hydrogens is 411 g/mol. The SMILES string of the molecule is COc1cc(C)c(S(=O)(=O)NCC(c2ccc(F)cc2)N2CCOCC2)cc1OC. The van der Waals surface area contributed by atoms with E-state index in [0.717, 1.165) is 5.56 Å². The number of nitrogens with one attached hydrogen (secondary N) is 1. The van der Waals surface area contributed by atoms with Crippen molar-refractivity contribution in [2.45, 2.75) is 17.9 Å². The van der Waals surface area contributed by atoms with Crippen LogP contribution in [0.3, 0.4) is 0 Å². The van der Waals surface area contributed by atoms with E-state index in [-0.39, 0.29) is 23.3 Å². The number of sulfonamides is 1. The summed E-state index contributed by atoms with van der Waals surface area (Å²) >= 11 is 0. The van der Waals surface area contributed by atoms with Gasteiger partial charge in [-0.3, -0.25) is 4.90 Å². The summed E-state index contributed by atoms with van der Waals surface area (Å²) in [4.78, 5) is 2.26. The number of benzene rings is 2. The molecule has 2 aromatic rings. The minimum absolute atomic E-state index is 0.125. The van der Waals surface area contributed by atoms with E-state index in [1.165, 1.54) is 32.4 Å². The Balaban J connectivity index is 1.86. The van der Waals surface area contributed by atoms with Crippen LogP contribution in [0.1, 0.15) is 17.2 Å². The zero-order valence-corrected chi connectivity index (χ0v) is 18.2. The standard InChI is InChI=1S/C21H27FN2O5S/c1-15-12-19(27-2)20(28-3)13-21(15)30(25,26)23-14-18(24-8-10-29-11-9-24)16-4-6-17(22)7-5-16/h4-7,12-13,18,23H,8-11,14H2,1-3H3. The largest absolute Gasteiger partial charge is 0.493 e. The zero-order chi connectivity index (χ0) is 21.7. The van der Waals surface area contributed by atoms with E-state index in [2.05, 4.69) is 9.62 Å². The molecule has 1 N–H and O–H groups in total. The van der Waals surface area contributed by atoms with Crippen LogP contribution >= 0.6 is 0 Å². The molecule has 1 unspecified atom stereocenters. The Hall–Kier alpha value is -2.20. The van der Waals surface area contributed by atoms with Gasteiger partial charge in [0.05, 0.1) is 32.3 Å². The van der Waals surface area contributed by atoms with Crippen molar-refractivity contribution >= 4 is 10.0 Å². The first-order valence-corrected chi connectivity index (χ1v) is 11.1. The minimum atomic E-state index is -3.82. The quantitative estimate of drug-likeness (QED) is 0.683. The van der Waals surface area contributed by atoms with Crippen molar-refractivity contribution in [1.82, 2.24) is 9.62 Å². The molecule has 0 spiro atoms. The lowest BCUT2D eigenvalue weighted by Gasteiger charge is -2.35. The van der Waals surface area contributed by atoms with Crippen molar-refractivity contribution in [1.29, 1.82) is 0 Å². The summed E-state index contributed by atoms with van der Waals surface area (Å²) in [6.07, 6.45) is 0. The van der Waals surface area contributed by atoms with Gasteiger partial charge in [-0.1, -0.05) is 12.1 Å². The molecule has 1 heterocycles. The average Bonchev–Trinajstić information content (AvgIpc) is 2.75. The van der Waals surface area contributed by atoms with Crippen LogP contribution in [-0.4, -0.2) is 60.4 Å². The van der Waals surface area contributed by atoms with Gasteiger partial charge in [0.25, 0.3) is 0 Å². The lowest BCUT2D eigenvalue weighted by atomic mass is 10.0. The Labute approximate surface area is 176 Å². The van der Waals surface area contributed by atoms with E-state index in [9.17, 15) is 12.8 Å². The number of nitrogens with zero attached hydrogens (tertiary/aromatic N) is 1. The molecule has 1 atom stereocenters. The normalized spacial score (nSPS) is 16.3. The summed E-state index contributed by atoms with van der Waals surface area (Å²) < 4.78 is 58.2. The van der Waals surface area contributed by atoms with Crippen molar-refractivity contribution in [3.63, 3.8) is 0 Å². The van der Waals surface area contributed by atoms with E-state index < -0.39 is 10.0 Å². The van der Waals surface area contributed by atoms with Gasteiger partial charge in [-0.15, -0.1) is 0 Å². The van der Waals surface area contributed by atoms with Gasteiger partial charge in [-0.2, -0.15) is 0 Å². The summed E-state index contributed by atoms with van der Waals surface area (Å²) in [5, 5.41) is 0. The predicted molar refractivity (Wildman–Crippen MR) is 111 cm³/mol. The van der Waals surface area contributed by atoms with Crippen LogP contribution in [0.4, 0.5) is 4.39 Å². The predicted octanol–water partition coefficient (Wildman–Crippen LogP) is 2.50. The van der Waals surface area contributed by atoms with Crippen LogP contribution in [0.25, 0.3) is 0 Å². The molecule has 1 fully saturated rings. The van der Waals surface area contributed by atoms with Crippen LogP contribution in [0.5, 0.6) is 11.5 Å². The molecule has 0 amide bonds. The Morgan fingerprint density at radius 1 is 1.10 bits per heavy atom. The van der Waals surface area contributed by atoms with E-state index in [4.69, 9.17) is 14.2 Å². The molecule has 0 radical (unpaired) electrons. The highest BCUT2D eigenvalue weighted by atomic mass is 32.2. The number of rotatable bonds is 8. The van der Waals surface area contributed by atoms with E-state index in [0.29, 0.717) is 43.4 Å². The van der Waals surface area contributed by atoms with Gasteiger partial charge in [0.1, 0.15) is 5.82 Å². The average molecular weight is 439 g/mol. The number of hydrogen-bond acceptors (Lipinski definition) is 6. The summed E-state index contributed by atoms with van der Waals surface area (Å²) in [5.74, 6) is 0.471. The van der Waals surface area contributed by atoms with Gasteiger partial charge < -0.3 is 14.2 Å². The Morgan fingerprint density at radius 2 is 1.70 bits per heavy atom. The second-order valence-electron chi connectivity index (χ2n) is 7.04. The molecule has 164 valence electrons. The molecule has 0 aliphatic carbocycles. The maximum atomic E-state index is 13.4. The Morgan fingerprint density at radius 3 is 2.30 bits per heavy atom. The van der Waals surface area contributed by atoms with E-state index >= 15 is 0 Å². The fourth-order valence-corrected chi connectivity index (χ4v) is 4.83. The fourth-order valence-electron chi connectivity index (χ4n) is 3.55. The molecule has 7 nitrogen and oxygen atoms in total. The molecule has 3 rings (SSSR count). The van der Waals surface area contributed by atoms with Crippen LogP contribution < -0.4 is 14.2 Å². The topological polar surface area (TPSA) is 77.1 Å². The molecular formula is C21H27FN2O5S. The third-order valence-corrected chi connectivity index (χ3v) is 6.74. The maximum Gasteiger partial charge on any atom is 0.241 e. The number of methoxy groups -OCH3 is 2. The highest BCUT2D eigenvalue weighted by molar-refractivity contribution is 7.89. The van der Waals surface area contributed by atoms with Crippen molar-refractivity contribution in [2.24, 2.45) is 0 Å². The summed E-state index contributed by atoms with van der Waals surface area (Å²) in [7, 11) is -0.858. The molecule has 1 aliphatic heterocycles. The van der Waals surface area contributed by atoms with Crippen molar-refractivity contribution < 1.29 is 27.0 Å². The first-order valence-electron chi connectivity index (χ1n) is 9.65. The molecule has 0 bridgehead atoms. The third kappa shape index (κ3) is 5.10. The molecule has 1 saturated heterocycles. The second-order valence-corrected chi connectivity index (χ2v) is 8.78. The summed E-state index contributed by atoms with van der Waals surface area (Å²) in [6.45, 7) is 4.31. The van der Waals surface area contributed by atoms with Gasteiger partial charge in [-0.25, -0.2) is 17.5 Å². The third-order valence-electron chi connectivity index (χ3n) is 5.18. The summed E-state index contributed by atoms with van der Waals surface area (Å²) in [6, 6.07) is 8.98. The Bertz CT molecular complexity index is 960. The molecule has 0 saturated carbocycles. The lowest BCUT2D eigenvalue weighted by Crippen LogP contribution is -2.43. The molecule has 2 aromatic carbocycles. The first kappa shape index (κ1) is 22.5. The molecule has 30 heavy (non-hydrogen) atoms. The monoisotopic (exact) mass is 438 g/mol. The number of ether oxygens (including phenoxy) is 3. The van der Waals surface area contributed by atoms with Gasteiger partial charge in [-0.05, 0) is 36.2 Å². The van der Waals surface area contributed by atoms with Gasteiger partial charge in [0.2, 0.25) is 10.0 Å². The maximum absolute atomic E-state index is 13.4. The van der Waals surface area contributed by atoms with Gasteiger partial charge in [0.15, 0.2) is 11.5 Å². The van der Waals surface area contributed by atoms with Gasteiger partial charge in [0, 0.05) is 31.7 Å². The smallest absolute Gasteiger partial charge is 0.241 e. The Kier molecular flexibility index (Phi) is 7.30. The fraction of sp³-hybridized carbons (Fsp3) is 0.429. The second kappa shape index (κ2) is 9.74. The van der Waals surface area contributed by atoms with Gasteiger partial charge >= 0.3 is 0 Å². The molecule has 0 aromatic heterocycles. The van der Waals surface area contributed by atoms with Crippen LogP contribution in [0.15, 0.2) is 41.3 Å². The van der Waals surface area contributed by atoms with E-state index in [1.807, 2.05) is 0 Å². The van der Waals surface area contributed by atoms with Crippen LogP contribution in [0.2, 0.25) is 0 Å². The zero-order valence-electron chi connectivity index (χ0n) is 17.4. The number of halogens is 1. The highest BCUT2D eigenvalue weighted by Gasteiger charge is 2.26. The molecule has 1 aliphatic rings. The first-order chi connectivity index (χ1) is 14.4. The van der Waals surface area contributed by atoms with Crippen LogP contribution in [-0.2, 0) is 14.8 Å². The number of morpholine rings is 1. The summed E-state index contributed by atoms with van der Waals surface area (Å²) in [5.41, 5.74) is 1.38. The van der Waals surface area contributed by atoms with Crippen molar-refractivity contribution in [2.75, 3.05) is 47.1 Å². The van der Waals surface area contributed by atoms with Crippen molar-refractivity contribution in [3.05, 3.63) is 53.3 Å². The van der Waals surface area contributed by atoms with Crippen molar-refractivity contribution in [3.8, 4) is 11.5 Å². The molecule has 9 heteroatoms.